The number of hydrogen-bond donors (Lipinski definition) is 2. The van der Waals surface area contributed by atoms with Crippen molar-refractivity contribution in [2.24, 2.45) is 7.05 Å². The molecule has 0 bridgehead atoms. The number of aryl methyl sites for hydroxylation is 1. The van der Waals surface area contributed by atoms with Gasteiger partial charge in [-0.05, 0) is 6.92 Å². The highest BCUT2D eigenvalue weighted by Crippen LogP contribution is 2.18. The first-order chi connectivity index (χ1) is 5.20. The number of rotatable bonds is 0. The molecule has 1 aliphatic rings. The van der Waals surface area contributed by atoms with E-state index in [1.165, 1.54) is 4.68 Å². The van der Waals surface area contributed by atoms with E-state index < -0.39 is 0 Å². The summed E-state index contributed by atoms with van der Waals surface area (Å²) < 4.78 is 1.53. The average molecular weight is 153 g/mol. The van der Waals surface area contributed by atoms with Gasteiger partial charge in [-0.25, -0.2) is 0 Å². The number of aromatic nitrogens is 2. The van der Waals surface area contributed by atoms with Crippen LogP contribution in [0.3, 0.4) is 0 Å². The number of fused-ring (bicyclic) bond motifs is 1. The monoisotopic (exact) mass is 153 g/mol. The Bertz CT molecular complexity index is 336. The van der Waals surface area contributed by atoms with Crippen molar-refractivity contribution >= 4 is 0 Å². The highest BCUT2D eigenvalue weighted by atomic mass is 16.1. The van der Waals surface area contributed by atoms with Gasteiger partial charge in [0.1, 0.15) is 0 Å². The summed E-state index contributed by atoms with van der Waals surface area (Å²) in [6.07, 6.45) is 0. The highest BCUT2D eigenvalue weighted by molar-refractivity contribution is 5.25. The summed E-state index contributed by atoms with van der Waals surface area (Å²) >= 11 is 0. The Morgan fingerprint density at radius 2 is 2.36 bits per heavy atom. The van der Waals surface area contributed by atoms with Crippen molar-refractivity contribution in [1.82, 2.24) is 15.1 Å². The molecule has 0 saturated heterocycles. The van der Waals surface area contributed by atoms with E-state index in [9.17, 15) is 4.79 Å². The summed E-state index contributed by atoms with van der Waals surface area (Å²) in [6.45, 7) is 2.79. The molecule has 1 aliphatic heterocycles. The van der Waals surface area contributed by atoms with Gasteiger partial charge in [0.25, 0.3) is 5.56 Å². The van der Waals surface area contributed by atoms with Crippen molar-refractivity contribution in [3.63, 3.8) is 0 Å². The lowest BCUT2D eigenvalue weighted by Gasteiger charge is -1.99. The maximum atomic E-state index is 11.4. The second kappa shape index (κ2) is 1.98. The van der Waals surface area contributed by atoms with Crippen molar-refractivity contribution < 1.29 is 0 Å². The second-order valence-corrected chi connectivity index (χ2v) is 2.97. The molecule has 0 amide bonds. The lowest BCUT2D eigenvalue weighted by molar-refractivity contribution is 0.599. The molecular weight excluding hydrogens is 142 g/mol. The first-order valence-corrected chi connectivity index (χ1v) is 3.71. The van der Waals surface area contributed by atoms with Gasteiger partial charge >= 0.3 is 0 Å². The van der Waals surface area contributed by atoms with Crippen LogP contribution in [0.15, 0.2) is 4.79 Å². The smallest absolute Gasteiger partial charge is 0.271 e. The Kier molecular flexibility index (Phi) is 1.20. The average Bonchev–Trinajstić information content (AvgIpc) is 2.41. The number of H-pyrrole nitrogens is 1. The molecule has 1 aromatic rings. The Hall–Kier alpha value is -1.03. The van der Waals surface area contributed by atoms with Crippen LogP contribution in [-0.2, 0) is 13.6 Å². The molecule has 1 unspecified atom stereocenters. The molecule has 2 heterocycles. The number of aromatic amines is 1. The van der Waals surface area contributed by atoms with Crippen LogP contribution in [0.4, 0.5) is 0 Å². The van der Waals surface area contributed by atoms with Gasteiger partial charge in [-0.15, -0.1) is 0 Å². The number of nitrogens with one attached hydrogen (secondary N) is 2. The highest BCUT2D eigenvalue weighted by Gasteiger charge is 2.23. The molecule has 0 spiro atoms. The fraction of sp³-hybridized carbons (Fsp3) is 0.571. The Balaban J connectivity index is 2.68. The molecule has 1 aromatic heterocycles. The molecule has 60 valence electrons. The van der Waals surface area contributed by atoms with Crippen LogP contribution in [0.2, 0.25) is 0 Å². The fourth-order valence-electron chi connectivity index (χ4n) is 1.56. The van der Waals surface area contributed by atoms with E-state index in [1.54, 1.807) is 7.05 Å². The molecule has 2 rings (SSSR count). The molecule has 4 nitrogen and oxygen atoms in total. The quantitative estimate of drug-likeness (QED) is 0.546. The van der Waals surface area contributed by atoms with Crippen molar-refractivity contribution in [2.75, 3.05) is 0 Å². The Morgan fingerprint density at radius 3 is 3.00 bits per heavy atom. The van der Waals surface area contributed by atoms with Crippen LogP contribution in [0.25, 0.3) is 0 Å². The van der Waals surface area contributed by atoms with Crippen LogP contribution in [0.5, 0.6) is 0 Å². The number of nitrogens with zero attached hydrogens (tertiary/aromatic N) is 1. The predicted molar refractivity (Wildman–Crippen MR) is 41.3 cm³/mol. The maximum Gasteiger partial charge on any atom is 0.271 e. The SMILES string of the molecule is CC1NCc2[nH]n(C)c(=O)c21. The van der Waals surface area contributed by atoms with Gasteiger partial charge in [-0.2, -0.15) is 0 Å². The normalized spacial score (nSPS) is 22.2. The Morgan fingerprint density at radius 1 is 1.64 bits per heavy atom. The van der Waals surface area contributed by atoms with Crippen LogP contribution in [0.1, 0.15) is 24.2 Å². The minimum absolute atomic E-state index is 0.0949. The van der Waals surface area contributed by atoms with Crippen molar-refractivity contribution in [3.8, 4) is 0 Å². The van der Waals surface area contributed by atoms with Gasteiger partial charge in [0.05, 0.1) is 11.3 Å². The van der Waals surface area contributed by atoms with Gasteiger partial charge < -0.3 is 5.32 Å². The van der Waals surface area contributed by atoms with Crippen molar-refractivity contribution in [2.45, 2.75) is 19.5 Å². The minimum atomic E-state index is 0.0949. The molecule has 0 saturated carbocycles. The summed E-state index contributed by atoms with van der Waals surface area (Å²) in [5, 5.41) is 6.19. The van der Waals surface area contributed by atoms with E-state index in [0.717, 1.165) is 17.8 Å². The summed E-state index contributed by atoms with van der Waals surface area (Å²) in [5.74, 6) is 0. The summed E-state index contributed by atoms with van der Waals surface area (Å²) in [6, 6.07) is 0.204. The maximum absolute atomic E-state index is 11.4. The second-order valence-electron chi connectivity index (χ2n) is 2.97. The first-order valence-electron chi connectivity index (χ1n) is 3.71. The number of hydrogen-bond acceptors (Lipinski definition) is 2. The summed E-state index contributed by atoms with van der Waals surface area (Å²) in [7, 11) is 1.74. The topological polar surface area (TPSA) is 49.8 Å². The van der Waals surface area contributed by atoms with Gasteiger partial charge in [0.2, 0.25) is 0 Å². The van der Waals surface area contributed by atoms with Crippen LogP contribution >= 0.6 is 0 Å². The van der Waals surface area contributed by atoms with Crippen LogP contribution < -0.4 is 10.9 Å². The van der Waals surface area contributed by atoms with Crippen molar-refractivity contribution in [1.29, 1.82) is 0 Å². The van der Waals surface area contributed by atoms with Crippen molar-refractivity contribution in [3.05, 3.63) is 21.6 Å². The summed E-state index contributed by atoms with van der Waals surface area (Å²) in [5.41, 5.74) is 2.02. The van der Waals surface area contributed by atoms with E-state index in [4.69, 9.17) is 0 Å². The van der Waals surface area contributed by atoms with E-state index in [1.807, 2.05) is 6.92 Å². The predicted octanol–water partition coefficient (Wildman–Crippen LogP) is -0.122. The van der Waals surface area contributed by atoms with Gasteiger partial charge in [-0.1, -0.05) is 0 Å². The van der Waals surface area contributed by atoms with E-state index in [2.05, 4.69) is 10.4 Å². The molecule has 0 aromatic carbocycles. The summed E-state index contributed by atoms with van der Waals surface area (Å²) in [4.78, 5) is 11.4. The third-order valence-corrected chi connectivity index (χ3v) is 2.18. The zero-order valence-electron chi connectivity index (χ0n) is 6.64. The molecule has 11 heavy (non-hydrogen) atoms. The van der Waals surface area contributed by atoms with Crippen LogP contribution in [-0.4, -0.2) is 9.78 Å². The molecule has 4 heteroatoms. The molecule has 0 aliphatic carbocycles. The lowest BCUT2D eigenvalue weighted by atomic mass is 10.2. The van der Waals surface area contributed by atoms with Gasteiger partial charge in [-0.3, -0.25) is 14.6 Å². The standard InChI is InChI=1S/C7H11N3O/c1-4-6-5(3-8-4)9-10(2)7(6)11/h4,8-9H,3H2,1-2H3. The molecular formula is C7H11N3O. The lowest BCUT2D eigenvalue weighted by Crippen LogP contribution is -2.20. The third-order valence-electron chi connectivity index (χ3n) is 2.18. The van der Waals surface area contributed by atoms with E-state index in [0.29, 0.717) is 0 Å². The zero-order chi connectivity index (χ0) is 8.01. The zero-order valence-corrected chi connectivity index (χ0v) is 6.64. The van der Waals surface area contributed by atoms with Gasteiger partial charge in [0.15, 0.2) is 0 Å². The first kappa shape index (κ1) is 6.67. The minimum Gasteiger partial charge on any atom is -0.304 e. The molecule has 1 atom stereocenters. The molecule has 0 fully saturated rings. The largest absolute Gasteiger partial charge is 0.304 e. The molecule has 2 N–H and O–H groups in total. The Labute approximate surface area is 64.2 Å². The van der Waals surface area contributed by atoms with E-state index >= 15 is 0 Å². The molecule has 0 radical (unpaired) electrons. The fourth-order valence-corrected chi connectivity index (χ4v) is 1.56. The van der Waals surface area contributed by atoms with Crippen LogP contribution in [0, 0.1) is 0 Å². The van der Waals surface area contributed by atoms with Gasteiger partial charge in [0, 0.05) is 19.6 Å². The van der Waals surface area contributed by atoms with E-state index in [-0.39, 0.29) is 11.6 Å². The third kappa shape index (κ3) is 0.758.